The number of rotatable bonds is 4. The Balaban J connectivity index is 2.91. The van der Waals surface area contributed by atoms with Crippen LogP contribution in [0.15, 0.2) is 30.3 Å². The summed E-state index contributed by atoms with van der Waals surface area (Å²) < 4.78 is 4.66. The van der Waals surface area contributed by atoms with E-state index in [1.807, 2.05) is 24.3 Å². The van der Waals surface area contributed by atoms with E-state index in [2.05, 4.69) is 4.74 Å². The number of methoxy groups -OCH3 is 1. The Morgan fingerprint density at radius 3 is 2.87 bits per heavy atom. The quantitative estimate of drug-likeness (QED) is 0.765. The lowest BCUT2D eigenvalue weighted by molar-refractivity contribution is 0.0600. The van der Waals surface area contributed by atoms with Crippen molar-refractivity contribution in [3.63, 3.8) is 0 Å². The number of hydrogen-bond acceptors (Lipinski definition) is 3. The van der Waals surface area contributed by atoms with Crippen LogP contribution in [-0.4, -0.2) is 24.8 Å². The molecule has 0 saturated heterocycles. The molecule has 15 heavy (non-hydrogen) atoms. The summed E-state index contributed by atoms with van der Waals surface area (Å²) >= 11 is 0. The van der Waals surface area contributed by atoms with Crippen LogP contribution in [-0.2, 0) is 4.74 Å². The highest BCUT2D eigenvalue weighted by Crippen LogP contribution is 2.12. The molecule has 80 valence electrons. The van der Waals surface area contributed by atoms with Crippen LogP contribution in [0, 0.1) is 0 Å². The zero-order valence-electron chi connectivity index (χ0n) is 8.64. The van der Waals surface area contributed by atoms with Crippen molar-refractivity contribution < 1.29 is 14.6 Å². The standard InChI is InChI=1S/C12H14O3/c1-15-12(14)11-8-3-2-6-10(11)7-4-5-9-13/h2-4,6-8,13H,5,9H2,1H3. The SMILES string of the molecule is COC(=O)c1ccccc1C=CCCO. The van der Waals surface area contributed by atoms with E-state index in [9.17, 15) is 4.79 Å². The van der Waals surface area contributed by atoms with E-state index in [-0.39, 0.29) is 12.6 Å². The van der Waals surface area contributed by atoms with E-state index in [0.717, 1.165) is 5.56 Å². The molecule has 0 aromatic heterocycles. The molecule has 0 fully saturated rings. The fourth-order valence-electron chi connectivity index (χ4n) is 1.22. The first-order chi connectivity index (χ1) is 7.29. The smallest absolute Gasteiger partial charge is 0.338 e. The van der Waals surface area contributed by atoms with Gasteiger partial charge in [-0.3, -0.25) is 0 Å². The van der Waals surface area contributed by atoms with Gasteiger partial charge in [0, 0.05) is 6.61 Å². The Labute approximate surface area is 89.0 Å². The van der Waals surface area contributed by atoms with Gasteiger partial charge in [0.05, 0.1) is 12.7 Å². The summed E-state index contributed by atoms with van der Waals surface area (Å²) in [5.74, 6) is -0.348. The predicted molar refractivity (Wildman–Crippen MR) is 58.5 cm³/mol. The number of esters is 1. The fourth-order valence-corrected chi connectivity index (χ4v) is 1.22. The van der Waals surface area contributed by atoms with Crippen molar-refractivity contribution in [3.8, 4) is 0 Å². The normalized spacial score (nSPS) is 10.5. The van der Waals surface area contributed by atoms with Crippen molar-refractivity contribution in [2.45, 2.75) is 6.42 Å². The van der Waals surface area contributed by atoms with Crippen LogP contribution in [0.4, 0.5) is 0 Å². The lowest BCUT2D eigenvalue weighted by Gasteiger charge is -2.02. The number of ether oxygens (including phenoxy) is 1. The summed E-state index contributed by atoms with van der Waals surface area (Å²) in [6.07, 6.45) is 4.21. The minimum absolute atomic E-state index is 0.108. The van der Waals surface area contributed by atoms with Crippen molar-refractivity contribution in [1.82, 2.24) is 0 Å². The zero-order valence-corrected chi connectivity index (χ0v) is 8.64. The van der Waals surface area contributed by atoms with Crippen LogP contribution in [0.2, 0.25) is 0 Å². The molecule has 0 heterocycles. The van der Waals surface area contributed by atoms with Gasteiger partial charge in [-0.1, -0.05) is 30.4 Å². The van der Waals surface area contributed by atoms with Crippen LogP contribution in [0.25, 0.3) is 6.08 Å². The molecule has 0 spiro atoms. The Hall–Kier alpha value is -1.61. The minimum Gasteiger partial charge on any atom is -0.465 e. The topological polar surface area (TPSA) is 46.5 Å². The molecule has 1 aromatic rings. The molecular formula is C12H14O3. The summed E-state index contributed by atoms with van der Waals surface area (Å²) in [4.78, 5) is 11.4. The van der Waals surface area contributed by atoms with Gasteiger partial charge >= 0.3 is 5.97 Å². The Morgan fingerprint density at radius 1 is 1.47 bits per heavy atom. The van der Waals surface area contributed by atoms with Crippen molar-refractivity contribution in [2.75, 3.05) is 13.7 Å². The van der Waals surface area contributed by atoms with Gasteiger partial charge in [-0.05, 0) is 18.1 Å². The van der Waals surface area contributed by atoms with Crippen LogP contribution >= 0.6 is 0 Å². The second-order valence-corrected chi connectivity index (χ2v) is 2.99. The fraction of sp³-hybridized carbons (Fsp3) is 0.250. The number of carbonyl (C=O) groups excluding carboxylic acids is 1. The van der Waals surface area contributed by atoms with E-state index < -0.39 is 0 Å². The first-order valence-electron chi connectivity index (χ1n) is 4.74. The molecule has 3 nitrogen and oxygen atoms in total. The van der Waals surface area contributed by atoms with Crippen molar-refractivity contribution in [1.29, 1.82) is 0 Å². The van der Waals surface area contributed by atoms with E-state index in [1.165, 1.54) is 7.11 Å². The maximum Gasteiger partial charge on any atom is 0.338 e. The molecule has 0 radical (unpaired) electrons. The number of aliphatic hydroxyl groups is 1. The first-order valence-corrected chi connectivity index (χ1v) is 4.74. The molecule has 1 N–H and O–H groups in total. The van der Waals surface area contributed by atoms with Crippen molar-refractivity contribution in [2.24, 2.45) is 0 Å². The van der Waals surface area contributed by atoms with E-state index >= 15 is 0 Å². The Kier molecular flexibility index (Phi) is 4.57. The summed E-state index contributed by atoms with van der Waals surface area (Å²) in [7, 11) is 1.36. The average Bonchev–Trinajstić information content (AvgIpc) is 2.29. The maximum atomic E-state index is 11.4. The maximum absolute atomic E-state index is 11.4. The second-order valence-electron chi connectivity index (χ2n) is 2.99. The Bertz CT molecular complexity index is 356. The third kappa shape index (κ3) is 3.22. The molecule has 0 amide bonds. The molecule has 3 heteroatoms. The monoisotopic (exact) mass is 206 g/mol. The zero-order chi connectivity index (χ0) is 11.1. The molecule has 0 saturated carbocycles. The highest BCUT2D eigenvalue weighted by atomic mass is 16.5. The molecule has 0 bridgehead atoms. The van der Waals surface area contributed by atoms with Crippen LogP contribution < -0.4 is 0 Å². The van der Waals surface area contributed by atoms with Gasteiger partial charge in [-0.2, -0.15) is 0 Å². The summed E-state index contributed by atoms with van der Waals surface area (Å²) in [5, 5.41) is 8.63. The van der Waals surface area contributed by atoms with Crippen molar-refractivity contribution in [3.05, 3.63) is 41.5 Å². The van der Waals surface area contributed by atoms with E-state index in [4.69, 9.17) is 5.11 Å². The van der Waals surface area contributed by atoms with Gasteiger partial charge in [0.25, 0.3) is 0 Å². The minimum atomic E-state index is -0.348. The summed E-state index contributed by atoms with van der Waals surface area (Å²) in [6, 6.07) is 7.19. The third-order valence-corrected chi connectivity index (χ3v) is 1.96. The molecule has 1 aromatic carbocycles. The number of aliphatic hydroxyl groups excluding tert-OH is 1. The van der Waals surface area contributed by atoms with Gasteiger partial charge in [0.2, 0.25) is 0 Å². The van der Waals surface area contributed by atoms with Gasteiger partial charge in [0.15, 0.2) is 0 Å². The van der Waals surface area contributed by atoms with Gasteiger partial charge in [-0.15, -0.1) is 0 Å². The molecule has 1 rings (SSSR count). The molecule has 0 aliphatic carbocycles. The summed E-state index contributed by atoms with van der Waals surface area (Å²) in [6.45, 7) is 0.108. The summed E-state index contributed by atoms with van der Waals surface area (Å²) in [5.41, 5.74) is 1.34. The highest BCUT2D eigenvalue weighted by molar-refractivity contribution is 5.93. The van der Waals surface area contributed by atoms with E-state index in [1.54, 1.807) is 12.1 Å². The lowest BCUT2D eigenvalue weighted by atomic mass is 10.1. The molecule has 0 atom stereocenters. The van der Waals surface area contributed by atoms with Gasteiger partial charge in [-0.25, -0.2) is 4.79 Å². The van der Waals surface area contributed by atoms with Crippen LogP contribution in [0.5, 0.6) is 0 Å². The molecule has 0 unspecified atom stereocenters. The third-order valence-electron chi connectivity index (χ3n) is 1.96. The van der Waals surface area contributed by atoms with Crippen molar-refractivity contribution >= 4 is 12.0 Å². The second kappa shape index (κ2) is 5.98. The first kappa shape index (κ1) is 11.5. The largest absolute Gasteiger partial charge is 0.465 e. The molecular weight excluding hydrogens is 192 g/mol. The van der Waals surface area contributed by atoms with Crippen LogP contribution in [0.1, 0.15) is 22.3 Å². The predicted octanol–water partition coefficient (Wildman–Crippen LogP) is 1.87. The van der Waals surface area contributed by atoms with Crippen LogP contribution in [0.3, 0.4) is 0 Å². The average molecular weight is 206 g/mol. The highest BCUT2D eigenvalue weighted by Gasteiger charge is 2.07. The number of benzene rings is 1. The van der Waals surface area contributed by atoms with Gasteiger partial charge < -0.3 is 9.84 Å². The lowest BCUT2D eigenvalue weighted by Crippen LogP contribution is -2.03. The van der Waals surface area contributed by atoms with Gasteiger partial charge in [0.1, 0.15) is 0 Å². The Morgan fingerprint density at radius 2 is 2.20 bits per heavy atom. The number of hydrogen-bond donors (Lipinski definition) is 1. The molecule has 0 aliphatic rings. The van der Waals surface area contributed by atoms with E-state index in [0.29, 0.717) is 12.0 Å². The number of carbonyl (C=O) groups is 1. The molecule has 0 aliphatic heterocycles.